The summed E-state index contributed by atoms with van der Waals surface area (Å²) in [6.45, 7) is 3.13. The van der Waals surface area contributed by atoms with Crippen molar-refractivity contribution in [2.24, 2.45) is 0 Å². The van der Waals surface area contributed by atoms with Crippen molar-refractivity contribution in [3.63, 3.8) is 0 Å². The predicted octanol–water partition coefficient (Wildman–Crippen LogP) is 5.21. The smallest absolute Gasteiger partial charge is 0.274 e. The van der Waals surface area contributed by atoms with E-state index in [1.54, 1.807) is 50.6 Å². The molecule has 3 aromatic rings. The molecule has 0 radical (unpaired) electrons. The van der Waals surface area contributed by atoms with Gasteiger partial charge in [-0.2, -0.15) is 0 Å². The maximum Gasteiger partial charge on any atom is 0.274 e. The van der Waals surface area contributed by atoms with Crippen molar-refractivity contribution < 1.29 is 18.3 Å². The Morgan fingerprint density at radius 1 is 1.17 bits per heavy atom. The van der Waals surface area contributed by atoms with Crippen LogP contribution in [-0.2, 0) is 5.92 Å². The molecule has 1 heterocycles. The minimum atomic E-state index is -2.95. The number of carbonyl (C=O) groups excluding carboxylic acids is 1. The van der Waals surface area contributed by atoms with E-state index >= 15 is 0 Å². The van der Waals surface area contributed by atoms with E-state index in [0.29, 0.717) is 17.1 Å². The summed E-state index contributed by atoms with van der Waals surface area (Å²) in [6.07, 6.45) is 1.24. The summed E-state index contributed by atoms with van der Waals surface area (Å²) in [5.41, 5.74) is 1.62. The normalized spacial score (nSPS) is 11.2. The SMILES string of the molecule is CCC(F)(F)c1cccc(NC(=O)c2nc(-c3ccc(OC)cc3)ncc2C)c1. The first kappa shape index (κ1) is 20.4. The molecule has 0 saturated heterocycles. The molecule has 0 aliphatic carbocycles. The highest BCUT2D eigenvalue weighted by atomic mass is 19.3. The van der Waals surface area contributed by atoms with E-state index in [-0.39, 0.29) is 23.4 Å². The summed E-state index contributed by atoms with van der Waals surface area (Å²) in [4.78, 5) is 21.4. The van der Waals surface area contributed by atoms with E-state index in [9.17, 15) is 13.6 Å². The van der Waals surface area contributed by atoms with Crippen LogP contribution in [-0.4, -0.2) is 23.0 Å². The number of nitrogens with one attached hydrogen (secondary N) is 1. The molecule has 3 rings (SSSR count). The van der Waals surface area contributed by atoms with Crippen LogP contribution in [0.25, 0.3) is 11.4 Å². The van der Waals surface area contributed by atoms with Crippen molar-refractivity contribution in [3.05, 3.63) is 71.5 Å². The van der Waals surface area contributed by atoms with Gasteiger partial charge in [0, 0.05) is 29.4 Å². The van der Waals surface area contributed by atoms with E-state index in [4.69, 9.17) is 4.74 Å². The molecule has 1 aromatic heterocycles. The summed E-state index contributed by atoms with van der Waals surface area (Å²) < 4.78 is 33.0. The standard InChI is InChI=1S/C22H21F2N3O2/c1-4-22(23,24)16-6-5-7-17(12-16)26-21(28)19-14(2)13-25-20(27-19)15-8-10-18(29-3)11-9-15/h5-13H,4H2,1-3H3,(H,26,28). The number of hydrogen-bond acceptors (Lipinski definition) is 4. The monoisotopic (exact) mass is 397 g/mol. The number of halogens is 2. The summed E-state index contributed by atoms with van der Waals surface area (Å²) in [5, 5.41) is 2.65. The van der Waals surface area contributed by atoms with Crippen molar-refractivity contribution in [1.82, 2.24) is 9.97 Å². The molecule has 0 unspecified atom stereocenters. The number of hydrogen-bond donors (Lipinski definition) is 1. The second-order valence-corrected chi connectivity index (χ2v) is 6.55. The van der Waals surface area contributed by atoms with Gasteiger partial charge in [0.25, 0.3) is 11.8 Å². The lowest BCUT2D eigenvalue weighted by Gasteiger charge is -2.15. The number of aryl methyl sites for hydroxylation is 1. The molecule has 0 spiro atoms. The highest BCUT2D eigenvalue weighted by molar-refractivity contribution is 6.04. The number of ether oxygens (including phenoxy) is 1. The van der Waals surface area contributed by atoms with Crippen LogP contribution in [0.15, 0.2) is 54.7 Å². The van der Waals surface area contributed by atoms with Gasteiger partial charge in [0.1, 0.15) is 11.4 Å². The molecular formula is C22H21F2N3O2. The second kappa shape index (κ2) is 8.34. The number of anilines is 1. The van der Waals surface area contributed by atoms with Gasteiger partial charge in [0.15, 0.2) is 5.82 Å². The van der Waals surface area contributed by atoms with E-state index in [1.165, 1.54) is 25.1 Å². The lowest BCUT2D eigenvalue weighted by atomic mass is 10.1. The topological polar surface area (TPSA) is 64.1 Å². The van der Waals surface area contributed by atoms with Crippen LogP contribution in [0.5, 0.6) is 5.75 Å². The fourth-order valence-electron chi connectivity index (χ4n) is 2.77. The molecule has 1 N–H and O–H groups in total. The Bertz CT molecular complexity index is 1020. The third kappa shape index (κ3) is 4.56. The number of benzene rings is 2. The van der Waals surface area contributed by atoms with Gasteiger partial charge >= 0.3 is 0 Å². The molecular weight excluding hydrogens is 376 g/mol. The highest BCUT2D eigenvalue weighted by Gasteiger charge is 2.29. The largest absolute Gasteiger partial charge is 0.497 e. The lowest BCUT2D eigenvalue weighted by Crippen LogP contribution is -2.17. The quantitative estimate of drug-likeness (QED) is 0.620. The second-order valence-electron chi connectivity index (χ2n) is 6.55. The van der Waals surface area contributed by atoms with Gasteiger partial charge in [0.05, 0.1) is 7.11 Å². The third-order valence-electron chi connectivity index (χ3n) is 4.52. The molecule has 1 amide bonds. The van der Waals surface area contributed by atoms with Crippen LogP contribution in [0.4, 0.5) is 14.5 Å². The summed E-state index contributed by atoms with van der Waals surface area (Å²) >= 11 is 0. The van der Waals surface area contributed by atoms with Gasteiger partial charge in [-0.3, -0.25) is 4.79 Å². The zero-order chi connectivity index (χ0) is 21.0. The minimum Gasteiger partial charge on any atom is -0.497 e. The molecule has 150 valence electrons. The zero-order valence-corrected chi connectivity index (χ0v) is 16.4. The van der Waals surface area contributed by atoms with Gasteiger partial charge < -0.3 is 10.1 Å². The Morgan fingerprint density at radius 3 is 2.55 bits per heavy atom. The maximum atomic E-state index is 13.9. The molecule has 29 heavy (non-hydrogen) atoms. The average molecular weight is 397 g/mol. The fourth-order valence-corrected chi connectivity index (χ4v) is 2.77. The molecule has 5 nitrogen and oxygen atoms in total. The van der Waals surface area contributed by atoms with E-state index in [1.807, 2.05) is 0 Å². The summed E-state index contributed by atoms with van der Waals surface area (Å²) in [5.74, 6) is -2.36. The Kier molecular flexibility index (Phi) is 5.87. The van der Waals surface area contributed by atoms with Crippen LogP contribution in [0, 0.1) is 6.92 Å². The Labute approximate surface area is 167 Å². The van der Waals surface area contributed by atoms with Crippen LogP contribution < -0.4 is 10.1 Å². The Hall–Kier alpha value is -3.35. The Morgan fingerprint density at radius 2 is 1.90 bits per heavy atom. The van der Waals surface area contributed by atoms with Crippen molar-refractivity contribution >= 4 is 11.6 Å². The lowest BCUT2D eigenvalue weighted by molar-refractivity contribution is -0.00824. The first-order valence-electron chi connectivity index (χ1n) is 9.12. The number of alkyl halides is 2. The molecule has 0 bridgehead atoms. The molecule has 0 saturated carbocycles. The number of carbonyl (C=O) groups is 1. The molecule has 0 aliphatic heterocycles. The van der Waals surface area contributed by atoms with Crippen molar-refractivity contribution in [1.29, 1.82) is 0 Å². The van der Waals surface area contributed by atoms with E-state index in [2.05, 4.69) is 15.3 Å². The summed E-state index contributed by atoms with van der Waals surface area (Å²) in [7, 11) is 1.57. The number of nitrogens with zero attached hydrogens (tertiary/aromatic N) is 2. The average Bonchev–Trinajstić information content (AvgIpc) is 2.74. The van der Waals surface area contributed by atoms with Crippen molar-refractivity contribution in [3.8, 4) is 17.1 Å². The van der Waals surface area contributed by atoms with Gasteiger partial charge in [-0.25, -0.2) is 18.7 Å². The fraction of sp³-hybridized carbons (Fsp3) is 0.227. The van der Waals surface area contributed by atoms with Gasteiger partial charge in [-0.1, -0.05) is 19.1 Å². The molecule has 2 aromatic carbocycles. The molecule has 0 atom stereocenters. The maximum absolute atomic E-state index is 13.9. The first-order chi connectivity index (χ1) is 13.8. The molecule has 0 fully saturated rings. The van der Waals surface area contributed by atoms with E-state index in [0.717, 1.165) is 5.56 Å². The molecule has 0 aliphatic rings. The van der Waals surface area contributed by atoms with E-state index < -0.39 is 11.8 Å². The molecule has 7 heteroatoms. The first-order valence-corrected chi connectivity index (χ1v) is 9.12. The number of methoxy groups -OCH3 is 1. The highest BCUT2D eigenvalue weighted by Crippen LogP contribution is 2.32. The van der Waals surface area contributed by atoms with Gasteiger partial charge in [-0.15, -0.1) is 0 Å². The number of amides is 1. The van der Waals surface area contributed by atoms with Crippen molar-refractivity contribution in [2.45, 2.75) is 26.2 Å². The van der Waals surface area contributed by atoms with Crippen LogP contribution in [0.2, 0.25) is 0 Å². The Balaban J connectivity index is 1.87. The zero-order valence-electron chi connectivity index (χ0n) is 16.4. The van der Waals surface area contributed by atoms with Crippen LogP contribution in [0.1, 0.15) is 35.0 Å². The predicted molar refractivity (Wildman–Crippen MR) is 107 cm³/mol. The van der Waals surface area contributed by atoms with Crippen LogP contribution >= 0.6 is 0 Å². The third-order valence-corrected chi connectivity index (χ3v) is 4.52. The van der Waals surface area contributed by atoms with Gasteiger partial charge in [-0.05, 0) is 48.9 Å². The van der Waals surface area contributed by atoms with Crippen LogP contribution in [0.3, 0.4) is 0 Å². The minimum absolute atomic E-state index is 0.142. The van der Waals surface area contributed by atoms with Gasteiger partial charge in [0.2, 0.25) is 0 Å². The van der Waals surface area contributed by atoms with Crippen molar-refractivity contribution in [2.75, 3.05) is 12.4 Å². The number of aromatic nitrogens is 2. The number of rotatable bonds is 6. The summed E-state index contributed by atoms with van der Waals surface area (Å²) in [6, 6.07) is 12.8.